The average molecular weight is 406 g/mol. The monoisotopic (exact) mass is 406 g/mol. The van der Waals surface area contributed by atoms with Crippen LogP contribution in [0.15, 0.2) is 54.6 Å². The summed E-state index contributed by atoms with van der Waals surface area (Å²) in [5.74, 6) is 2.05. The highest BCUT2D eigenvalue weighted by atomic mass is 16.5. The fourth-order valence-electron chi connectivity index (χ4n) is 3.44. The Balaban J connectivity index is 1.26. The first-order chi connectivity index (χ1) is 14.7. The van der Waals surface area contributed by atoms with Crippen molar-refractivity contribution in [3.05, 3.63) is 54.6 Å². The van der Waals surface area contributed by atoms with Gasteiger partial charge in [0.2, 0.25) is 5.88 Å². The molecule has 2 aromatic carbocycles. The lowest BCUT2D eigenvalue weighted by Gasteiger charge is -2.35. The van der Waals surface area contributed by atoms with Crippen LogP contribution >= 0.6 is 0 Å². The number of benzene rings is 2. The minimum Gasteiger partial charge on any atom is -0.484 e. The molecular weight excluding hydrogens is 380 g/mol. The quantitative estimate of drug-likeness (QED) is 0.601. The van der Waals surface area contributed by atoms with Gasteiger partial charge in [-0.05, 0) is 35.4 Å². The zero-order chi connectivity index (χ0) is 20.8. The fraction of sp³-hybridized carbons (Fsp3) is 0.348. The summed E-state index contributed by atoms with van der Waals surface area (Å²) < 4.78 is 11.2. The summed E-state index contributed by atoms with van der Waals surface area (Å²) in [6.45, 7) is 5.43. The van der Waals surface area contributed by atoms with E-state index in [1.54, 1.807) is 0 Å². The van der Waals surface area contributed by atoms with Gasteiger partial charge in [0, 0.05) is 32.2 Å². The standard InChI is InChI=1S/C23H26N4O3/c1-2-15-29-22-10-9-21(24-25-22)26-11-13-27(14-12-26)23(28)17-30-20-8-7-18-5-3-4-6-19(18)16-20/h3-10,16H,2,11-15,17H2,1H3. The molecule has 1 fully saturated rings. The van der Waals surface area contributed by atoms with Crippen molar-refractivity contribution in [2.75, 3.05) is 44.3 Å². The maximum absolute atomic E-state index is 12.6. The molecule has 1 amide bonds. The van der Waals surface area contributed by atoms with Crippen molar-refractivity contribution in [3.8, 4) is 11.6 Å². The number of carbonyl (C=O) groups excluding carboxylic acids is 1. The maximum atomic E-state index is 12.6. The Morgan fingerprint density at radius 3 is 2.47 bits per heavy atom. The highest BCUT2D eigenvalue weighted by molar-refractivity contribution is 5.84. The van der Waals surface area contributed by atoms with E-state index < -0.39 is 0 Å². The molecule has 7 heteroatoms. The summed E-state index contributed by atoms with van der Waals surface area (Å²) in [4.78, 5) is 16.5. The molecule has 0 unspecified atom stereocenters. The lowest BCUT2D eigenvalue weighted by Crippen LogP contribution is -2.50. The second kappa shape index (κ2) is 9.43. The van der Waals surface area contributed by atoms with Gasteiger partial charge in [0.15, 0.2) is 12.4 Å². The number of piperazine rings is 1. The number of anilines is 1. The van der Waals surface area contributed by atoms with Crippen LogP contribution in [0.25, 0.3) is 10.8 Å². The van der Waals surface area contributed by atoms with Crippen molar-refractivity contribution in [2.24, 2.45) is 0 Å². The predicted octanol–water partition coefficient (Wildman–Crippen LogP) is 3.15. The molecule has 1 aliphatic rings. The highest BCUT2D eigenvalue weighted by Gasteiger charge is 2.22. The van der Waals surface area contributed by atoms with Crippen LogP contribution in [-0.2, 0) is 4.79 Å². The molecule has 1 aromatic heterocycles. The zero-order valence-electron chi connectivity index (χ0n) is 17.2. The number of ether oxygens (including phenoxy) is 2. The van der Waals surface area contributed by atoms with E-state index in [0.29, 0.717) is 44.4 Å². The van der Waals surface area contributed by atoms with Crippen LogP contribution < -0.4 is 14.4 Å². The van der Waals surface area contributed by atoms with Crippen molar-refractivity contribution in [1.29, 1.82) is 0 Å². The summed E-state index contributed by atoms with van der Waals surface area (Å²) in [5, 5.41) is 10.6. The second-order valence-electron chi connectivity index (χ2n) is 7.24. The third-order valence-electron chi connectivity index (χ3n) is 5.12. The van der Waals surface area contributed by atoms with Crippen LogP contribution in [-0.4, -0.2) is 60.4 Å². The summed E-state index contributed by atoms with van der Waals surface area (Å²) in [6, 6.07) is 17.7. The summed E-state index contributed by atoms with van der Waals surface area (Å²) in [7, 11) is 0. The Hall–Kier alpha value is -3.35. The van der Waals surface area contributed by atoms with Crippen molar-refractivity contribution in [2.45, 2.75) is 13.3 Å². The van der Waals surface area contributed by atoms with Gasteiger partial charge in [0.1, 0.15) is 5.75 Å². The lowest BCUT2D eigenvalue weighted by atomic mass is 10.1. The zero-order valence-corrected chi connectivity index (χ0v) is 17.2. The number of fused-ring (bicyclic) bond motifs is 1. The van der Waals surface area contributed by atoms with E-state index in [-0.39, 0.29) is 12.5 Å². The summed E-state index contributed by atoms with van der Waals surface area (Å²) in [6.07, 6.45) is 0.935. The van der Waals surface area contributed by atoms with E-state index in [1.165, 1.54) is 0 Å². The SMILES string of the molecule is CCCOc1ccc(N2CCN(C(=O)COc3ccc4ccccc4c3)CC2)nn1. The molecule has 0 atom stereocenters. The number of amides is 1. The summed E-state index contributed by atoms with van der Waals surface area (Å²) in [5.41, 5.74) is 0. The fourth-order valence-corrected chi connectivity index (χ4v) is 3.44. The lowest BCUT2D eigenvalue weighted by molar-refractivity contribution is -0.133. The number of hydrogen-bond donors (Lipinski definition) is 0. The molecule has 2 heterocycles. The molecule has 4 rings (SSSR count). The maximum Gasteiger partial charge on any atom is 0.260 e. The molecule has 0 saturated carbocycles. The molecule has 0 radical (unpaired) electrons. The van der Waals surface area contributed by atoms with Gasteiger partial charge in [0.25, 0.3) is 5.91 Å². The first kappa shape index (κ1) is 19.9. The highest BCUT2D eigenvalue weighted by Crippen LogP contribution is 2.21. The van der Waals surface area contributed by atoms with Crippen molar-refractivity contribution in [1.82, 2.24) is 15.1 Å². The number of hydrogen-bond acceptors (Lipinski definition) is 6. The number of carbonyl (C=O) groups is 1. The molecule has 1 saturated heterocycles. The Morgan fingerprint density at radius 1 is 0.933 bits per heavy atom. The van der Waals surface area contributed by atoms with Gasteiger partial charge in [-0.3, -0.25) is 4.79 Å². The Morgan fingerprint density at radius 2 is 1.73 bits per heavy atom. The third kappa shape index (κ3) is 4.79. The molecule has 3 aromatic rings. The average Bonchev–Trinajstić information content (AvgIpc) is 2.81. The molecule has 1 aliphatic heterocycles. The van der Waals surface area contributed by atoms with Crippen molar-refractivity contribution in [3.63, 3.8) is 0 Å². The van der Waals surface area contributed by atoms with Crippen molar-refractivity contribution >= 4 is 22.5 Å². The minimum absolute atomic E-state index is 0.00259. The Bertz CT molecular complexity index is 985. The van der Waals surface area contributed by atoms with Gasteiger partial charge in [-0.1, -0.05) is 37.3 Å². The normalized spacial score (nSPS) is 14.0. The Kier molecular flexibility index (Phi) is 6.27. The molecule has 7 nitrogen and oxygen atoms in total. The van der Waals surface area contributed by atoms with Gasteiger partial charge in [-0.25, -0.2) is 0 Å². The Labute approximate surface area is 176 Å². The summed E-state index contributed by atoms with van der Waals surface area (Å²) >= 11 is 0. The number of aromatic nitrogens is 2. The molecule has 0 bridgehead atoms. The van der Waals surface area contributed by atoms with E-state index in [4.69, 9.17) is 9.47 Å². The molecule has 0 N–H and O–H groups in total. The molecular formula is C23H26N4O3. The first-order valence-corrected chi connectivity index (χ1v) is 10.3. The van der Waals surface area contributed by atoms with Crippen LogP contribution in [0.2, 0.25) is 0 Å². The minimum atomic E-state index is -0.00259. The van der Waals surface area contributed by atoms with Gasteiger partial charge in [-0.2, -0.15) is 0 Å². The van der Waals surface area contributed by atoms with Crippen LogP contribution in [0, 0.1) is 0 Å². The van der Waals surface area contributed by atoms with Gasteiger partial charge in [0.05, 0.1) is 6.61 Å². The van der Waals surface area contributed by atoms with Gasteiger partial charge >= 0.3 is 0 Å². The van der Waals surface area contributed by atoms with Crippen LogP contribution in [0.5, 0.6) is 11.6 Å². The largest absolute Gasteiger partial charge is 0.484 e. The van der Waals surface area contributed by atoms with Crippen LogP contribution in [0.3, 0.4) is 0 Å². The number of nitrogens with zero attached hydrogens (tertiary/aromatic N) is 4. The second-order valence-corrected chi connectivity index (χ2v) is 7.24. The number of rotatable bonds is 7. The van der Waals surface area contributed by atoms with E-state index in [1.807, 2.05) is 53.4 Å². The van der Waals surface area contributed by atoms with E-state index in [2.05, 4.69) is 28.1 Å². The smallest absolute Gasteiger partial charge is 0.260 e. The van der Waals surface area contributed by atoms with E-state index in [9.17, 15) is 4.79 Å². The first-order valence-electron chi connectivity index (χ1n) is 10.3. The van der Waals surface area contributed by atoms with E-state index in [0.717, 1.165) is 23.0 Å². The molecule has 156 valence electrons. The van der Waals surface area contributed by atoms with Gasteiger partial charge < -0.3 is 19.3 Å². The van der Waals surface area contributed by atoms with Crippen LogP contribution in [0.1, 0.15) is 13.3 Å². The molecule has 30 heavy (non-hydrogen) atoms. The molecule has 0 aliphatic carbocycles. The van der Waals surface area contributed by atoms with Crippen molar-refractivity contribution < 1.29 is 14.3 Å². The van der Waals surface area contributed by atoms with Gasteiger partial charge in [-0.15, -0.1) is 10.2 Å². The molecule has 0 spiro atoms. The predicted molar refractivity (Wildman–Crippen MR) is 116 cm³/mol. The van der Waals surface area contributed by atoms with Crippen LogP contribution in [0.4, 0.5) is 5.82 Å². The third-order valence-corrected chi connectivity index (χ3v) is 5.12. The topological polar surface area (TPSA) is 67.8 Å². The van der Waals surface area contributed by atoms with E-state index >= 15 is 0 Å².